The topological polar surface area (TPSA) is 56.1 Å². The van der Waals surface area contributed by atoms with E-state index >= 15 is 0 Å². The Labute approximate surface area is 98.6 Å². The van der Waals surface area contributed by atoms with Crippen LogP contribution in [-0.2, 0) is 4.79 Å². The molecule has 0 unspecified atom stereocenters. The summed E-state index contributed by atoms with van der Waals surface area (Å²) < 4.78 is 0. The fourth-order valence-electron chi connectivity index (χ4n) is 1.36. The summed E-state index contributed by atoms with van der Waals surface area (Å²) in [6.07, 6.45) is 2.58. The van der Waals surface area contributed by atoms with Crippen LogP contribution in [0.1, 0.15) is 40.0 Å². The van der Waals surface area contributed by atoms with E-state index in [2.05, 4.69) is 18.3 Å². The van der Waals surface area contributed by atoms with Crippen LogP contribution in [0.2, 0.25) is 0 Å². The van der Waals surface area contributed by atoms with E-state index < -0.39 is 0 Å². The molecular weight excluding hydrogens is 202 g/mol. The van der Waals surface area contributed by atoms with E-state index in [1.54, 1.807) is 0 Å². The van der Waals surface area contributed by atoms with Crippen molar-refractivity contribution in [2.75, 3.05) is 19.6 Å². The molecule has 0 aromatic carbocycles. The van der Waals surface area contributed by atoms with Gasteiger partial charge < -0.3 is 5.32 Å². The molecule has 0 rings (SSSR count). The molecule has 0 bridgehead atoms. The van der Waals surface area contributed by atoms with Crippen molar-refractivity contribution in [2.24, 2.45) is 0 Å². The average Bonchev–Trinajstić information content (AvgIpc) is 2.24. The molecule has 0 aromatic heterocycles. The van der Waals surface area contributed by atoms with E-state index in [1.165, 1.54) is 0 Å². The SMILES string of the molecule is CCCCNC(=O)CN(CCC#N)C(C)C. The van der Waals surface area contributed by atoms with Crippen LogP contribution >= 0.6 is 0 Å². The Balaban J connectivity index is 3.89. The maximum Gasteiger partial charge on any atom is 0.234 e. The van der Waals surface area contributed by atoms with Crippen LogP contribution in [0, 0.1) is 11.3 Å². The second-order valence-corrected chi connectivity index (χ2v) is 4.18. The quantitative estimate of drug-likeness (QED) is 0.637. The van der Waals surface area contributed by atoms with Gasteiger partial charge in [0, 0.05) is 25.6 Å². The number of hydrogen-bond acceptors (Lipinski definition) is 3. The first kappa shape index (κ1) is 14.9. The van der Waals surface area contributed by atoms with Crippen LogP contribution in [0.3, 0.4) is 0 Å². The van der Waals surface area contributed by atoms with Crippen molar-refractivity contribution >= 4 is 5.91 Å². The van der Waals surface area contributed by atoms with Gasteiger partial charge in [-0.2, -0.15) is 5.26 Å². The van der Waals surface area contributed by atoms with Crippen molar-refractivity contribution in [2.45, 2.75) is 46.1 Å². The minimum atomic E-state index is 0.0556. The van der Waals surface area contributed by atoms with Crippen LogP contribution < -0.4 is 5.32 Å². The van der Waals surface area contributed by atoms with Crippen molar-refractivity contribution < 1.29 is 4.79 Å². The minimum absolute atomic E-state index is 0.0556. The molecule has 0 atom stereocenters. The number of amides is 1. The largest absolute Gasteiger partial charge is 0.355 e. The van der Waals surface area contributed by atoms with E-state index in [9.17, 15) is 4.79 Å². The van der Waals surface area contributed by atoms with Gasteiger partial charge in [0.25, 0.3) is 0 Å². The van der Waals surface area contributed by atoms with Crippen LogP contribution in [0.5, 0.6) is 0 Å². The lowest BCUT2D eigenvalue weighted by Gasteiger charge is -2.24. The molecule has 0 aliphatic heterocycles. The zero-order valence-electron chi connectivity index (χ0n) is 10.6. The third kappa shape index (κ3) is 7.24. The molecule has 4 nitrogen and oxygen atoms in total. The number of nitrogens with one attached hydrogen (secondary N) is 1. The standard InChI is InChI=1S/C12H23N3O/c1-4-5-8-14-12(16)10-15(11(2)3)9-6-7-13/h11H,4-6,8-10H2,1-3H3,(H,14,16). The minimum Gasteiger partial charge on any atom is -0.355 e. The number of unbranched alkanes of at least 4 members (excludes halogenated alkanes) is 1. The Bertz CT molecular complexity index is 233. The summed E-state index contributed by atoms with van der Waals surface area (Å²) in [5.41, 5.74) is 0. The normalized spacial score (nSPS) is 10.5. The molecular formula is C12H23N3O. The highest BCUT2D eigenvalue weighted by Crippen LogP contribution is 1.98. The molecule has 0 fully saturated rings. The molecule has 0 saturated heterocycles. The maximum atomic E-state index is 11.6. The van der Waals surface area contributed by atoms with Crippen molar-refractivity contribution in [1.82, 2.24) is 10.2 Å². The van der Waals surface area contributed by atoms with Crippen LogP contribution in [-0.4, -0.2) is 36.5 Å². The van der Waals surface area contributed by atoms with Gasteiger partial charge in [-0.15, -0.1) is 0 Å². The van der Waals surface area contributed by atoms with Gasteiger partial charge in [-0.1, -0.05) is 13.3 Å². The molecule has 0 heterocycles. The first-order valence-corrected chi connectivity index (χ1v) is 5.99. The predicted octanol–water partition coefficient (Wildman–Crippen LogP) is 1.53. The highest BCUT2D eigenvalue weighted by Gasteiger charge is 2.12. The van der Waals surface area contributed by atoms with E-state index in [1.807, 2.05) is 18.7 Å². The number of nitrogens with zero attached hydrogens (tertiary/aromatic N) is 2. The van der Waals surface area contributed by atoms with Crippen molar-refractivity contribution in [1.29, 1.82) is 5.26 Å². The van der Waals surface area contributed by atoms with Gasteiger partial charge in [-0.3, -0.25) is 9.69 Å². The van der Waals surface area contributed by atoms with E-state index in [-0.39, 0.29) is 5.91 Å². The average molecular weight is 225 g/mol. The van der Waals surface area contributed by atoms with Gasteiger partial charge in [0.05, 0.1) is 12.6 Å². The first-order valence-electron chi connectivity index (χ1n) is 5.99. The van der Waals surface area contributed by atoms with Gasteiger partial charge in [0.1, 0.15) is 0 Å². The van der Waals surface area contributed by atoms with Crippen LogP contribution in [0.4, 0.5) is 0 Å². The highest BCUT2D eigenvalue weighted by atomic mass is 16.2. The van der Waals surface area contributed by atoms with E-state index in [0.29, 0.717) is 25.6 Å². The number of nitriles is 1. The third-order valence-corrected chi connectivity index (χ3v) is 2.44. The molecule has 1 amide bonds. The first-order chi connectivity index (χ1) is 7.61. The van der Waals surface area contributed by atoms with Crippen molar-refractivity contribution in [3.63, 3.8) is 0 Å². The Morgan fingerprint density at radius 1 is 1.50 bits per heavy atom. The second-order valence-electron chi connectivity index (χ2n) is 4.18. The summed E-state index contributed by atoms with van der Waals surface area (Å²) in [4.78, 5) is 13.6. The van der Waals surface area contributed by atoms with Gasteiger partial charge in [-0.05, 0) is 20.3 Å². The van der Waals surface area contributed by atoms with Crippen molar-refractivity contribution in [3.05, 3.63) is 0 Å². The molecule has 92 valence electrons. The molecule has 0 radical (unpaired) electrons. The fraction of sp³-hybridized carbons (Fsp3) is 0.833. The zero-order chi connectivity index (χ0) is 12.4. The van der Waals surface area contributed by atoms with Crippen LogP contribution in [0.15, 0.2) is 0 Å². The lowest BCUT2D eigenvalue weighted by Crippen LogP contribution is -2.41. The number of rotatable bonds is 8. The lowest BCUT2D eigenvalue weighted by atomic mass is 10.3. The highest BCUT2D eigenvalue weighted by molar-refractivity contribution is 5.78. The second kappa shape index (κ2) is 9.17. The Kier molecular flexibility index (Phi) is 8.55. The Hall–Kier alpha value is -1.08. The number of hydrogen-bond donors (Lipinski definition) is 1. The number of carbonyl (C=O) groups excluding carboxylic acids is 1. The predicted molar refractivity (Wildman–Crippen MR) is 64.9 cm³/mol. The molecule has 4 heteroatoms. The van der Waals surface area contributed by atoms with Crippen LogP contribution in [0.25, 0.3) is 0 Å². The molecule has 0 aliphatic carbocycles. The zero-order valence-corrected chi connectivity index (χ0v) is 10.6. The monoisotopic (exact) mass is 225 g/mol. The fourth-order valence-corrected chi connectivity index (χ4v) is 1.36. The smallest absolute Gasteiger partial charge is 0.234 e. The molecule has 0 aromatic rings. The van der Waals surface area contributed by atoms with Gasteiger partial charge in [0.15, 0.2) is 0 Å². The van der Waals surface area contributed by atoms with Gasteiger partial charge >= 0.3 is 0 Å². The number of carbonyl (C=O) groups is 1. The van der Waals surface area contributed by atoms with E-state index in [4.69, 9.17) is 5.26 Å². The summed E-state index contributed by atoms with van der Waals surface area (Å²) in [6, 6.07) is 2.40. The summed E-state index contributed by atoms with van der Waals surface area (Å²) in [5.74, 6) is 0.0556. The molecule has 0 spiro atoms. The summed E-state index contributed by atoms with van der Waals surface area (Å²) in [6.45, 7) is 7.98. The molecule has 16 heavy (non-hydrogen) atoms. The maximum absolute atomic E-state index is 11.6. The molecule has 0 aliphatic rings. The Morgan fingerprint density at radius 3 is 2.69 bits per heavy atom. The lowest BCUT2D eigenvalue weighted by molar-refractivity contribution is -0.122. The summed E-state index contributed by atoms with van der Waals surface area (Å²) >= 11 is 0. The molecule has 0 saturated carbocycles. The van der Waals surface area contributed by atoms with Gasteiger partial charge in [0.2, 0.25) is 5.91 Å². The summed E-state index contributed by atoms with van der Waals surface area (Å²) in [7, 11) is 0. The van der Waals surface area contributed by atoms with E-state index in [0.717, 1.165) is 19.4 Å². The third-order valence-electron chi connectivity index (χ3n) is 2.44. The molecule has 1 N–H and O–H groups in total. The Morgan fingerprint density at radius 2 is 2.19 bits per heavy atom. The summed E-state index contributed by atoms with van der Waals surface area (Å²) in [5, 5.41) is 11.4. The van der Waals surface area contributed by atoms with Crippen molar-refractivity contribution in [3.8, 4) is 6.07 Å². The van der Waals surface area contributed by atoms with Gasteiger partial charge in [-0.25, -0.2) is 0 Å².